The molecule has 2 atom stereocenters. The van der Waals surface area contributed by atoms with Crippen LogP contribution in [0.15, 0.2) is 18.2 Å². The van der Waals surface area contributed by atoms with E-state index in [4.69, 9.17) is 14.2 Å². The summed E-state index contributed by atoms with van der Waals surface area (Å²) in [6.45, 7) is 7.99. The van der Waals surface area contributed by atoms with Gasteiger partial charge in [-0.1, -0.05) is 19.9 Å². The van der Waals surface area contributed by atoms with Crippen molar-refractivity contribution in [1.82, 2.24) is 0 Å². The van der Waals surface area contributed by atoms with Crippen molar-refractivity contribution in [3.8, 4) is 11.5 Å². The van der Waals surface area contributed by atoms with Gasteiger partial charge in [-0.15, -0.1) is 0 Å². The Balaban J connectivity index is 1.93. The van der Waals surface area contributed by atoms with Crippen molar-refractivity contribution in [2.75, 3.05) is 19.8 Å². The molecule has 0 bridgehead atoms. The zero-order valence-corrected chi connectivity index (χ0v) is 13.2. The molecule has 21 heavy (non-hydrogen) atoms. The third-order valence-electron chi connectivity index (χ3n) is 3.50. The van der Waals surface area contributed by atoms with Crippen LogP contribution < -0.4 is 9.47 Å². The summed E-state index contributed by atoms with van der Waals surface area (Å²) in [5.41, 5.74) is 0.802. The SMILES string of the molecule is CC(C)CC(C)OCC(O)c1ccc2c(c1)OCCCO2. The highest BCUT2D eigenvalue weighted by molar-refractivity contribution is 5.44. The largest absolute Gasteiger partial charge is 0.490 e. The average Bonchev–Trinajstić information content (AvgIpc) is 2.68. The summed E-state index contributed by atoms with van der Waals surface area (Å²) in [7, 11) is 0. The van der Waals surface area contributed by atoms with E-state index >= 15 is 0 Å². The van der Waals surface area contributed by atoms with Gasteiger partial charge in [0.25, 0.3) is 0 Å². The van der Waals surface area contributed by atoms with Crippen LogP contribution in [-0.2, 0) is 4.74 Å². The first-order valence-corrected chi connectivity index (χ1v) is 7.75. The molecule has 118 valence electrons. The van der Waals surface area contributed by atoms with Crippen LogP contribution in [0.5, 0.6) is 11.5 Å². The van der Waals surface area contributed by atoms with Gasteiger partial charge in [0, 0.05) is 6.42 Å². The van der Waals surface area contributed by atoms with E-state index in [1.54, 1.807) is 0 Å². The van der Waals surface area contributed by atoms with Crippen LogP contribution in [-0.4, -0.2) is 31.0 Å². The number of hydrogen-bond donors (Lipinski definition) is 1. The zero-order valence-electron chi connectivity index (χ0n) is 13.2. The van der Waals surface area contributed by atoms with E-state index in [0.717, 1.165) is 24.2 Å². The van der Waals surface area contributed by atoms with Crippen LogP contribution in [0, 0.1) is 5.92 Å². The number of aliphatic hydroxyl groups is 1. The van der Waals surface area contributed by atoms with Gasteiger partial charge in [-0.2, -0.15) is 0 Å². The van der Waals surface area contributed by atoms with Gasteiger partial charge in [0.1, 0.15) is 6.10 Å². The maximum absolute atomic E-state index is 10.3. The van der Waals surface area contributed by atoms with Gasteiger partial charge in [0.15, 0.2) is 11.5 Å². The molecule has 0 fully saturated rings. The first-order chi connectivity index (χ1) is 10.1. The van der Waals surface area contributed by atoms with Crippen molar-refractivity contribution in [1.29, 1.82) is 0 Å². The Kier molecular flexibility index (Phi) is 5.88. The third kappa shape index (κ3) is 4.90. The first-order valence-electron chi connectivity index (χ1n) is 7.75. The molecule has 2 rings (SSSR count). The van der Waals surface area contributed by atoms with E-state index in [-0.39, 0.29) is 6.10 Å². The molecule has 0 amide bonds. The Labute approximate surface area is 127 Å². The smallest absolute Gasteiger partial charge is 0.161 e. The molecular weight excluding hydrogens is 268 g/mol. The van der Waals surface area contributed by atoms with E-state index in [1.807, 2.05) is 25.1 Å². The van der Waals surface area contributed by atoms with Crippen LogP contribution in [0.4, 0.5) is 0 Å². The molecule has 1 aromatic rings. The second-order valence-electron chi connectivity index (χ2n) is 6.05. The minimum absolute atomic E-state index is 0.153. The average molecular weight is 294 g/mol. The number of aliphatic hydroxyl groups excluding tert-OH is 1. The monoisotopic (exact) mass is 294 g/mol. The maximum atomic E-state index is 10.3. The summed E-state index contributed by atoms with van der Waals surface area (Å²) < 4.78 is 16.9. The molecule has 1 N–H and O–H groups in total. The van der Waals surface area contributed by atoms with Crippen molar-refractivity contribution in [2.45, 2.75) is 45.8 Å². The van der Waals surface area contributed by atoms with Crippen molar-refractivity contribution in [2.24, 2.45) is 5.92 Å². The summed E-state index contributed by atoms with van der Waals surface area (Å²) in [5, 5.41) is 10.3. The predicted octanol–water partition coefficient (Wildman–Crippen LogP) is 3.33. The minimum atomic E-state index is -0.642. The molecule has 1 aromatic carbocycles. The van der Waals surface area contributed by atoms with E-state index in [2.05, 4.69) is 13.8 Å². The van der Waals surface area contributed by atoms with Gasteiger partial charge in [0.05, 0.1) is 25.9 Å². The quantitative estimate of drug-likeness (QED) is 0.874. The third-order valence-corrected chi connectivity index (χ3v) is 3.50. The van der Waals surface area contributed by atoms with Crippen LogP contribution >= 0.6 is 0 Å². The fraction of sp³-hybridized carbons (Fsp3) is 0.647. The van der Waals surface area contributed by atoms with Crippen LogP contribution in [0.3, 0.4) is 0 Å². The maximum Gasteiger partial charge on any atom is 0.161 e. The van der Waals surface area contributed by atoms with Crippen LogP contribution in [0.1, 0.15) is 45.3 Å². The van der Waals surface area contributed by atoms with E-state index in [0.29, 0.717) is 31.5 Å². The molecule has 0 saturated heterocycles. The molecule has 4 nitrogen and oxygen atoms in total. The van der Waals surface area contributed by atoms with Crippen LogP contribution in [0.25, 0.3) is 0 Å². The number of rotatable bonds is 6. The Bertz CT molecular complexity index is 444. The molecule has 2 unspecified atom stereocenters. The lowest BCUT2D eigenvalue weighted by Gasteiger charge is -2.19. The molecule has 0 aromatic heterocycles. The minimum Gasteiger partial charge on any atom is -0.490 e. The van der Waals surface area contributed by atoms with E-state index < -0.39 is 6.10 Å². The lowest BCUT2D eigenvalue weighted by atomic mass is 10.1. The molecule has 1 aliphatic rings. The number of benzene rings is 1. The lowest BCUT2D eigenvalue weighted by molar-refractivity contribution is -0.0101. The standard InChI is InChI=1S/C17H26O4/c1-12(2)9-13(3)21-11-15(18)14-5-6-16-17(10-14)20-8-4-7-19-16/h5-6,10,12-13,15,18H,4,7-9,11H2,1-3H3. The second-order valence-corrected chi connectivity index (χ2v) is 6.05. The highest BCUT2D eigenvalue weighted by Gasteiger charge is 2.16. The molecule has 4 heteroatoms. The van der Waals surface area contributed by atoms with Crippen molar-refractivity contribution in [3.63, 3.8) is 0 Å². The van der Waals surface area contributed by atoms with Crippen molar-refractivity contribution in [3.05, 3.63) is 23.8 Å². The van der Waals surface area contributed by atoms with Crippen LogP contribution in [0.2, 0.25) is 0 Å². The first kappa shape index (κ1) is 16.1. The summed E-state index contributed by atoms with van der Waals surface area (Å²) in [6, 6.07) is 5.58. The van der Waals surface area contributed by atoms with Gasteiger partial charge in [-0.05, 0) is 37.0 Å². The predicted molar refractivity (Wildman–Crippen MR) is 81.9 cm³/mol. The summed E-state index contributed by atoms with van der Waals surface area (Å²) in [6.07, 6.45) is 1.38. The fourth-order valence-corrected chi connectivity index (χ4v) is 2.47. The van der Waals surface area contributed by atoms with Gasteiger partial charge < -0.3 is 19.3 Å². The zero-order chi connectivity index (χ0) is 15.2. The topological polar surface area (TPSA) is 47.9 Å². The normalized spacial score (nSPS) is 17.4. The summed E-state index contributed by atoms with van der Waals surface area (Å²) in [5.74, 6) is 2.05. The number of ether oxygens (including phenoxy) is 3. The number of fused-ring (bicyclic) bond motifs is 1. The molecule has 1 heterocycles. The molecule has 0 radical (unpaired) electrons. The van der Waals surface area contributed by atoms with E-state index in [9.17, 15) is 5.11 Å². The molecule has 0 aliphatic carbocycles. The van der Waals surface area contributed by atoms with Gasteiger partial charge >= 0.3 is 0 Å². The molecule has 1 aliphatic heterocycles. The number of hydrogen-bond acceptors (Lipinski definition) is 4. The van der Waals surface area contributed by atoms with Gasteiger partial charge in [-0.3, -0.25) is 0 Å². The van der Waals surface area contributed by atoms with Crippen molar-refractivity contribution < 1.29 is 19.3 Å². The van der Waals surface area contributed by atoms with Crippen molar-refractivity contribution >= 4 is 0 Å². The molecule has 0 saturated carbocycles. The molecular formula is C17H26O4. The summed E-state index contributed by atoms with van der Waals surface area (Å²) >= 11 is 0. The second kappa shape index (κ2) is 7.66. The van der Waals surface area contributed by atoms with Gasteiger partial charge in [-0.25, -0.2) is 0 Å². The Morgan fingerprint density at radius 1 is 1.14 bits per heavy atom. The Morgan fingerprint density at radius 2 is 1.86 bits per heavy atom. The summed E-state index contributed by atoms with van der Waals surface area (Å²) in [4.78, 5) is 0. The highest BCUT2D eigenvalue weighted by Crippen LogP contribution is 2.32. The van der Waals surface area contributed by atoms with Gasteiger partial charge in [0.2, 0.25) is 0 Å². The highest BCUT2D eigenvalue weighted by atomic mass is 16.5. The Hall–Kier alpha value is -1.26. The Morgan fingerprint density at radius 3 is 2.57 bits per heavy atom. The molecule has 0 spiro atoms. The van der Waals surface area contributed by atoms with E-state index in [1.165, 1.54) is 0 Å². The fourth-order valence-electron chi connectivity index (χ4n) is 2.47. The lowest BCUT2D eigenvalue weighted by Crippen LogP contribution is -2.16.